The Morgan fingerprint density at radius 2 is 1.82 bits per heavy atom. The van der Waals surface area contributed by atoms with E-state index < -0.39 is 0 Å². The molecule has 1 heterocycles. The Kier molecular flexibility index (Phi) is 8.76. The number of benzene rings is 3. The topological polar surface area (TPSA) is 91.7 Å². The number of ether oxygens (including phenoxy) is 3. The van der Waals surface area contributed by atoms with E-state index in [1.807, 2.05) is 28.8 Å². The predicted molar refractivity (Wildman–Crippen MR) is 147 cm³/mol. The fourth-order valence-electron chi connectivity index (χ4n) is 4.16. The van der Waals surface area contributed by atoms with Gasteiger partial charge in [0.05, 0.1) is 41.9 Å². The molecule has 0 spiro atoms. The largest absolute Gasteiger partial charge is 0.493 e. The Hall–Kier alpha value is -3.75. The maximum Gasteiger partial charge on any atom is 0.302 e. The summed E-state index contributed by atoms with van der Waals surface area (Å²) in [6, 6.07) is 16.2. The fourth-order valence-corrected chi connectivity index (χ4v) is 4.46. The number of aryl methyl sites for hydroxylation is 1. The second-order valence-corrected chi connectivity index (χ2v) is 9.26. The number of nitrogens with one attached hydrogen (secondary N) is 1. The third kappa shape index (κ3) is 6.03. The number of halogens is 2. The molecule has 8 nitrogen and oxygen atoms in total. The first kappa shape index (κ1) is 27.3. The van der Waals surface area contributed by atoms with Crippen LogP contribution < -0.4 is 14.8 Å². The third-order valence-corrected chi connectivity index (χ3v) is 6.68. The van der Waals surface area contributed by atoms with Gasteiger partial charge in [0.15, 0.2) is 11.5 Å². The highest BCUT2D eigenvalue weighted by molar-refractivity contribution is 6.42. The van der Waals surface area contributed by atoms with Crippen molar-refractivity contribution in [1.29, 1.82) is 0 Å². The summed E-state index contributed by atoms with van der Waals surface area (Å²) in [4.78, 5) is 29.0. The van der Waals surface area contributed by atoms with Crippen LogP contribution in [0.25, 0.3) is 22.4 Å². The number of nitrogens with zero attached hydrogens (tertiary/aromatic N) is 2. The lowest BCUT2D eigenvalue weighted by Gasteiger charge is -2.13. The van der Waals surface area contributed by atoms with Crippen molar-refractivity contribution in [2.75, 3.05) is 20.8 Å². The zero-order valence-corrected chi connectivity index (χ0v) is 22.7. The summed E-state index contributed by atoms with van der Waals surface area (Å²) >= 11 is 12.4. The van der Waals surface area contributed by atoms with Crippen LogP contribution in [0.3, 0.4) is 0 Å². The first-order valence-electron chi connectivity index (χ1n) is 11.9. The van der Waals surface area contributed by atoms with Crippen LogP contribution in [0.5, 0.6) is 11.5 Å². The molecule has 1 amide bonds. The Labute approximate surface area is 230 Å². The van der Waals surface area contributed by atoms with Crippen molar-refractivity contribution >= 4 is 46.1 Å². The molecule has 4 aromatic rings. The molecule has 1 aromatic heterocycles. The monoisotopic (exact) mass is 555 g/mol. The van der Waals surface area contributed by atoms with E-state index in [9.17, 15) is 9.59 Å². The SMILES string of the molecule is COc1cccc(CNC(=O)c2ccc3c(c2)nc(-c2ccc(Cl)c(Cl)c2)n3CCCOC(C)=O)c1OC. The lowest BCUT2D eigenvalue weighted by molar-refractivity contribution is -0.141. The maximum atomic E-state index is 13.0. The molecule has 0 aliphatic rings. The third-order valence-electron chi connectivity index (χ3n) is 5.94. The number of carbonyl (C=O) groups is 2. The molecule has 0 aliphatic heterocycles. The Balaban J connectivity index is 1.62. The van der Waals surface area contributed by atoms with Crippen LogP contribution in [0, 0.1) is 0 Å². The molecule has 0 bridgehead atoms. The maximum absolute atomic E-state index is 13.0. The highest BCUT2D eigenvalue weighted by Crippen LogP contribution is 2.32. The van der Waals surface area contributed by atoms with Gasteiger partial charge in [-0.05, 0) is 48.9 Å². The molecule has 0 fully saturated rings. The number of esters is 1. The van der Waals surface area contributed by atoms with E-state index in [2.05, 4.69) is 5.32 Å². The van der Waals surface area contributed by atoms with Crippen molar-refractivity contribution in [3.05, 3.63) is 75.8 Å². The standard InChI is InChI=1S/C28H27Cl2N3O5/c1-17(34)38-13-5-12-33-24-11-9-19(15-23(24)32-27(33)18-8-10-21(29)22(30)14-18)28(35)31-16-20-6-4-7-25(36-2)26(20)37-3/h4,6-11,14-15H,5,12-13,16H2,1-3H3,(H,31,35). The number of hydrogen-bond donors (Lipinski definition) is 1. The van der Waals surface area contributed by atoms with Crippen molar-refractivity contribution in [1.82, 2.24) is 14.9 Å². The van der Waals surface area contributed by atoms with Gasteiger partial charge >= 0.3 is 5.97 Å². The number of fused-ring (bicyclic) bond motifs is 1. The van der Waals surface area contributed by atoms with Crippen molar-refractivity contribution in [2.24, 2.45) is 0 Å². The minimum atomic E-state index is -0.326. The van der Waals surface area contributed by atoms with Crippen molar-refractivity contribution < 1.29 is 23.8 Å². The van der Waals surface area contributed by atoms with Crippen LogP contribution in [-0.2, 0) is 22.6 Å². The second kappa shape index (κ2) is 12.2. The zero-order valence-electron chi connectivity index (χ0n) is 21.2. The van der Waals surface area contributed by atoms with Crippen LogP contribution in [0.4, 0.5) is 0 Å². The highest BCUT2D eigenvalue weighted by atomic mass is 35.5. The summed E-state index contributed by atoms with van der Waals surface area (Å²) in [6.45, 7) is 2.46. The molecular weight excluding hydrogens is 529 g/mol. The van der Waals surface area contributed by atoms with Gasteiger partial charge in [-0.15, -0.1) is 0 Å². The molecule has 38 heavy (non-hydrogen) atoms. The minimum absolute atomic E-state index is 0.253. The lowest BCUT2D eigenvalue weighted by atomic mass is 10.1. The average Bonchev–Trinajstić information content (AvgIpc) is 3.28. The molecule has 0 saturated carbocycles. The Morgan fingerprint density at radius 3 is 2.53 bits per heavy atom. The summed E-state index contributed by atoms with van der Waals surface area (Å²) in [5.41, 5.74) is 3.51. The van der Waals surface area contributed by atoms with Gasteiger partial charge in [-0.1, -0.05) is 35.3 Å². The number of rotatable bonds is 10. The normalized spacial score (nSPS) is 10.9. The average molecular weight is 556 g/mol. The van der Waals surface area contributed by atoms with Gasteiger partial charge in [0.1, 0.15) is 5.82 Å². The molecular formula is C28H27Cl2N3O5. The van der Waals surface area contributed by atoms with Crippen molar-refractivity contribution in [3.63, 3.8) is 0 Å². The molecule has 0 unspecified atom stereocenters. The zero-order chi connectivity index (χ0) is 27.2. The van der Waals surface area contributed by atoms with Gasteiger partial charge < -0.3 is 24.1 Å². The quantitative estimate of drug-likeness (QED) is 0.193. The fraction of sp³-hybridized carbons (Fsp3) is 0.250. The number of para-hydroxylation sites is 1. The molecule has 4 rings (SSSR count). The van der Waals surface area contributed by atoms with E-state index in [4.69, 9.17) is 42.4 Å². The number of imidazole rings is 1. The van der Waals surface area contributed by atoms with E-state index in [1.165, 1.54) is 6.92 Å². The summed E-state index contributed by atoms with van der Waals surface area (Å²) < 4.78 is 17.9. The molecule has 0 saturated heterocycles. The Bertz CT molecular complexity index is 1490. The van der Waals surface area contributed by atoms with E-state index in [1.54, 1.807) is 44.6 Å². The summed E-state index contributed by atoms with van der Waals surface area (Å²) in [5.74, 6) is 1.25. The number of amides is 1. The molecule has 0 atom stereocenters. The van der Waals surface area contributed by atoms with Gasteiger partial charge in [0.2, 0.25) is 0 Å². The predicted octanol–water partition coefficient (Wildman–Crippen LogP) is 5.91. The van der Waals surface area contributed by atoms with E-state index in [-0.39, 0.29) is 25.0 Å². The molecule has 198 valence electrons. The van der Waals surface area contributed by atoms with Crippen LogP contribution in [0.1, 0.15) is 29.3 Å². The summed E-state index contributed by atoms with van der Waals surface area (Å²) in [6.07, 6.45) is 0.587. The number of hydrogen-bond acceptors (Lipinski definition) is 6. The van der Waals surface area contributed by atoms with Crippen LogP contribution in [0.2, 0.25) is 10.0 Å². The van der Waals surface area contributed by atoms with Gasteiger partial charge in [0.25, 0.3) is 5.91 Å². The van der Waals surface area contributed by atoms with E-state index >= 15 is 0 Å². The Morgan fingerprint density at radius 1 is 1.00 bits per heavy atom. The molecule has 3 aromatic carbocycles. The smallest absolute Gasteiger partial charge is 0.302 e. The molecule has 10 heteroatoms. The van der Waals surface area contributed by atoms with Crippen LogP contribution in [-0.4, -0.2) is 42.3 Å². The highest BCUT2D eigenvalue weighted by Gasteiger charge is 2.17. The summed E-state index contributed by atoms with van der Waals surface area (Å²) in [5, 5.41) is 3.79. The van der Waals surface area contributed by atoms with Crippen LogP contribution >= 0.6 is 23.2 Å². The van der Waals surface area contributed by atoms with E-state index in [0.717, 1.165) is 16.6 Å². The number of carbonyl (C=O) groups excluding carboxylic acids is 2. The summed E-state index contributed by atoms with van der Waals surface area (Å²) in [7, 11) is 3.13. The van der Waals surface area contributed by atoms with Gasteiger partial charge in [-0.3, -0.25) is 9.59 Å². The molecule has 0 radical (unpaired) electrons. The second-order valence-electron chi connectivity index (χ2n) is 8.45. The lowest BCUT2D eigenvalue weighted by Crippen LogP contribution is -2.23. The first-order chi connectivity index (χ1) is 18.3. The van der Waals surface area contributed by atoms with Crippen molar-refractivity contribution in [3.8, 4) is 22.9 Å². The molecule has 0 aliphatic carbocycles. The number of methoxy groups -OCH3 is 2. The minimum Gasteiger partial charge on any atom is -0.493 e. The van der Waals surface area contributed by atoms with Gasteiger partial charge in [0, 0.05) is 36.7 Å². The van der Waals surface area contributed by atoms with Gasteiger partial charge in [-0.2, -0.15) is 0 Å². The number of aromatic nitrogens is 2. The van der Waals surface area contributed by atoms with Crippen molar-refractivity contribution in [2.45, 2.75) is 26.4 Å². The molecule has 1 N–H and O–H groups in total. The van der Waals surface area contributed by atoms with Gasteiger partial charge in [-0.25, -0.2) is 4.98 Å². The van der Waals surface area contributed by atoms with E-state index in [0.29, 0.717) is 51.4 Å². The first-order valence-corrected chi connectivity index (χ1v) is 12.6. The van der Waals surface area contributed by atoms with Crippen LogP contribution in [0.15, 0.2) is 54.6 Å².